The number of imidazole rings is 1. The summed E-state index contributed by atoms with van der Waals surface area (Å²) in [6.45, 7) is 3.38. The molecule has 0 bridgehead atoms. The third-order valence-electron chi connectivity index (χ3n) is 2.53. The third-order valence-corrected chi connectivity index (χ3v) is 2.53. The van der Waals surface area contributed by atoms with Crippen LogP contribution < -0.4 is 5.69 Å². The summed E-state index contributed by atoms with van der Waals surface area (Å²) in [7, 11) is 0. The number of carbonyl (C=O) groups is 1. The fraction of sp³-hybridized carbons (Fsp3) is 0.364. The summed E-state index contributed by atoms with van der Waals surface area (Å²) in [5, 5.41) is 8.81. The van der Waals surface area contributed by atoms with Gasteiger partial charge in [0.15, 0.2) is 5.65 Å². The van der Waals surface area contributed by atoms with Crippen molar-refractivity contribution in [2.24, 2.45) is 0 Å². The number of carboxylic acid groups (broad SMARTS) is 1. The molecule has 0 aliphatic rings. The number of aliphatic carboxylic acids is 1. The zero-order valence-corrected chi connectivity index (χ0v) is 9.62. The smallest absolute Gasteiger partial charge is 0.331 e. The van der Waals surface area contributed by atoms with Crippen LogP contribution in [0.15, 0.2) is 23.1 Å². The van der Waals surface area contributed by atoms with E-state index in [0.29, 0.717) is 11.2 Å². The van der Waals surface area contributed by atoms with E-state index in [-0.39, 0.29) is 18.3 Å². The summed E-state index contributed by atoms with van der Waals surface area (Å²) in [5.41, 5.74) is 0.735. The van der Waals surface area contributed by atoms with Crippen molar-refractivity contribution in [2.75, 3.05) is 0 Å². The van der Waals surface area contributed by atoms with Crippen molar-refractivity contribution >= 4 is 17.1 Å². The van der Waals surface area contributed by atoms with E-state index in [0.717, 1.165) is 0 Å². The molecule has 2 aromatic rings. The van der Waals surface area contributed by atoms with Crippen molar-refractivity contribution in [1.82, 2.24) is 14.1 Å². The number of aromatic nitrogens is 3. The lowest BCUT2D eigenvalue weighted by Crippen LogP contribution is -2.27. The van der Waals surface area contributed by atoms with Crippen LogP contribution in [0.5, 0.6) is 0 Å². The number of nitrogens with zero attached hydrogens (tertiary/aromatic N) is 3. The van der Waals surface area contributed by atoms with Crippen LogP contribution in [0.2, 0.25) is 0 Å². The Morgan fingerprint density at radius 1 is 1.53 bits per heavy atom. The molecule has 90 valence electrons. The topological polar surface area (TPSA) is 77.1 Å². The van der Waals surface area contributed by atoms with E-state index in [9.17, 15) is 9.59 Å². The second-order valence-electron chi connectivity index (χ2n) is 4.07. The molecule has 0 aliphatic heterocycles. The second kappa shape index (κ2) is 4.04. The predicted octanol–water partition coefficient (Wildman–Crippen LogP) is 0.863. The molecule has 6 nitrogen and oxygen atoms in total. The Bertz CT molecular complexity index is 624. The van der Waals surface area contributed by atoms with Crippen molar-refractivity contribution in [2.45, 2.75) is 26.4 Å². The number of hydrogen-bond acceptors (Lipinski definition) is 3. The molecule has 0 aromatic carbocycles. The van der Waals surface area contributed by atoms with Gasteiger partial charge < -0.3 is 5.11 Å². The van der Waals surface area contributed by atoms with Gasteiger partial charge in [0.1, 0.15) is 6.54 Å². The van der Waals surface area contributed by atoms with Crippen LogP contribution in [0.1, 0.15) is 19.9 Å². The van der Waals surface area contributed by atoms with Crippen molar-refractivity contribution in [3.05, 3.63) is 28.8 Å². The van der Waals surface area contributed by atoms with Crippen LogP contribution in [0.25, 0.3) is 11.2 Å². The molecule has 17 heavy (non-hydrogen) atoms. The molecule has 2 heterocycles. The molecule has 6 heteroatoms. The quantitative estimate of drug-likeness (QED) is 0.856. The lowest BCUT2D eigenvalue weighted by molar-refractivity contribution is -0.137. The molecular weight excluding hydrogens is 222 g/mol. The minimum atomic E-state index is -1.04. The number of carboxylic acids is 1. The van der Waals surface area contributed by atoms with Crippen molar-refractivity contribution in [1.29, 1.82) is 0 Å². The first kappa shape index (κ1) is 11.4. The molecule has 0 saturated heterocycles. The van der Waals surface area contributed by atoms with E-state index in [1.54, 1.807) is 18.3 Å². The van der Waals surface area contributed by atoms with Gasteiger partial charge in [0.2, 0.25) is 0 Å². The molecule has 0 saturated carbocycles. The second-order valence-corrected chi connectivity index (χ2v) is 4.07. The van der Waals surface area contributed by atoms with Gasteiger partial charge in [0.25, 0.3) is 0 Å². The first-order chi connectivity index (χ1) is 8.02. The molecule has 1 N–H and O–H groups in total. The molecule has 0 amide bonds. The first-order valence-corrected chi connectivity index (χ1v) is 5.30. The summed E-state index contributed by atoms with van der Waals surface area (Å²) in [4.78, 5) is 27.0. The predicted molar refractivity (Wildman–Crippen MR) is 62.0 cm³/mol. The highest BCUT2D eigenvalue weighted by atomic mass is 16.4. The van der Waals surface area contributed by atoms with Gasteiger partial charge in [0, 0.05) is 12.2 Å². The average molecular weight is 235 g/mol. The number of hydrogen-bond donors (Lipinski definition) is 1. The van der Waals surface area contributed by atoms with Gasteiger partial charge in [-0.1, -0.05) is 0 Å². The Morgan fingerprint density at radius 3 is 2.82 bits per heavy atom. The fourth-order valence-corrected chi connectivity index (χ4v) is 1.86. The van der Waals surface area contributed by atoms with Crippen molar-refractivity contribution < 1.29 is 9.90 Å². The minimum absolute atomic E-state index is 0.0602. The maximum absolute atomic E-state index is 12.1. The Labute approximate surface area is 97.1 Å². The summed E-state index contributed by atoms with van der Waals surface area (Å²) < 4.78 is 2.73. The molecule has 2 aromatic heterocycles. The van der Waals surface area contributed by atoms with Crippen LogP contribution >= 0.6 is 0 Å². The Morgan fingerprint density at radius 2 is 2.24 bits per heavy atom. The van der Waals surface area contributed by atoms with Crippen LogP contribution in [-0.4, -0.2) is 25.2 Å². The van der Waals surface area contributed by atoms with Gasteiger partial charge in [0.05, 0.1) is 5.52 Å². The molecule has 2 rings (SSSR count). The Kier molecular flexibility index (Phi) is 2.71. The Balaban J connectivity index is 2.79. The maximum Gasteiger partial charge on any atom is 0.331 e. The highest BCUT2D eigenvalue weighted by molar-refractivity contribution is 5.75. The van der Waals surface area contributed by atoms with Gasteiger partial charge in [-0.15, -0.1) is 0 Å². The van der Waals surface area contributed by atoms with Gasteiger partial charge in [-0.3, -0.25) is 13.9 Å². The lowest BCUT2D eigenvalue weighted by atomic mass is 10.4. The van der Waals surface area contributed by atoms with Crippen molar-refractivity contribution in [3.63, 3.8) is 0 Å². The summed E-state index contributed by atoms with van der Waals surface area (Å²) in [6.07, 6.45) is 1.59. The third kappa shape index (κ3) is 1.82. The van der Waals surface area contributed by atoms with Crippen LogP contribution in [-0.2, 0) is 11.3 Å². The number of pyridine rings is 1. The van der Waals surface area contributed by atoms with Crippen LogP contribution in [0.4, 0.5) is 0 Å². The van der Waals surface area contributed by atoms with Gasteiger partial charge in [-0.25, -0.2) is 9.78 Å². The fourth-order valence-electron chi connectivity index (χ4n) is 1.86. The van der Waals surface area contributed by atoms with E-state index >= 15 is 0 Å². The largest absolute Gasteiger partial charge is 0.480 e. The van der Waals surface area contributed by atoms with Crippen LogP contribution in [0.3, 0.4) is 0 Å². The summed E-state index contributed by atoms with van der Waals surface area (Å²) in [6, 6.07) is 3.33. The van der Waals surface area contributed by atoms with Gasteiger partial charge >= 0.3 is 11.7 Å². The molecule has 0 atom stereocenters. The Hall–Kier alpha value is -2.11. The lowest BCUT2D eigenvalue weighted by Gasteiger charge is -2.04. The SMILES string of the molecule is CC(C)n1c(=O)n(CC(=O)O)c2cccnc21. The molecule has 0 radical (unpaired) electrons. The van der Waals surface area contributed by atoms with Gasteiger partial charge in [-0.05, 0) is 26.0 Å². The van der Waals surface area contributed by atoms with E-state index in [1.165, 1.54) is 9.13 Å². The highest BCUT2D eigenvalue weighted by Gasteiger charge is 2.17. The molecule has 0 aliphatic carbocycles. The van der Waals surface area contributed by atoms with Crippen molar-refractivity contribution in [3.8, 4) is 0 Å². The normalized spacial score (nSPS) is 11.2. The van der Waals surface area contributed by atoms with E-state index < -0.39 is 5.97 Å². The zero-order valence-electron chi connectivity index (χ0n) is 9.62. The van der Waals surface area contributed by atoms with E-state index in [2.05, 4.69) is 4.98 Å². The standard InChI is InChI=1S/C11H13N3O3/c1-7(2)14-10-8(4-3-5-12-10)13(11(14)17)6-9(15)16/h3-5,7H,6H2,1-2H3,(H,15,16). The molecular formula is C11H13N3O3. The highest BCUT2D eigenvalue weighted by Crippen LogP contribution is 2.13. The van der Waals surface area contributed by atoms with Crippen LogP contribution in [0, 0.1) is 0 Å². The summed E-state index contributed by atoms with van der Waals surface area (Å²) in [5.74, 6) is -1.04. The maximum atomic E-state index is 12.1. The van der Waals surface area contributed by atoms with Gasteiger partial charge in [-0.2, -0.15) is 0 Å². The van der Waals surface area contributed by atoms with E-state index in [4.69, 9.17) is 5.11 Å². The minimum Gasteiger partial charge on any atom is -0.480 e. The molecule has 0 unspecified atom stereocenters. The molecule has 0 spiro atoms. The number of fused-ring (bicyclic) bond motifs is 1. The molecule has 0 fully saturated rings. The average Bonchev–Trinajstić information content (AvgIpc) is 2.52. The van der Waals surface area contributed by atoms with E-state index in [1.807, 2.05) is 13.8 Å². The monoisotopic (exact) mass is 235 g/mol. The first-order valence-electron chi connectivity index (χ1n) is 5.30. The number of rotatable bonds is 3. The zero-order chi connectivity index (χ0) is 12.6. The summed E-state index contributed by atoms with van der Waals surface area (Å²) >= 11 is 0.